The topological polar surface area (TPSA) is 18.5 Å². The molecular formula is C27H45F3O2. The van der Waals surface area contributed by atoms with Crippen molar-refractivity contribution in [2.75, 3.05) is 13.2 Å². The standard InChI is InChI=1S/C27H45F3O2/c1-5-8-9-10-11-14-17-24(26(4,31-6-2)32-7-3)18-15-12-13-16-23-19-21-25(22-20-23)27(28,29)30/h19-22,24H,5-18H2,1-4H3. The van der Waals surface area contributed by atoms with Crippen molar-refractivity contribution in [1.82, 2.24) is 0 Å². The second-order valence-electron chi connectivity index (χ2n) is 8.93. The Balaban J connectivity index is 2.50. The Kier molecular flexibility index (Phi) is 14.2. The van der Waals surface area contributed by atoms with Gasteiger partial charge in [-0.25, -0.2) is 0 Å². The fourth-order valence-corrected chi connectivity index (χ4v) is 4.45. The fourth-order valence-electron chi connectivity index (χ4n) is 4.45. The molecule has 1 rings (SSSR count). The predicted molar refractivity (Wildman–Crippen MR) is 127 cm³/mol. The summed E-state index contributed by atoms with van der Waals surface area (Å²) in [6.07, 6.45) is 9.50. The van der Waals surface area contributed by atoms with Crippen molar-refractivity contribution in [2.45, 2.75) is 117 Å². The van der Waals surface area contributed by atoms with Crippen LogP contribution in [0.1, 0.15) is 109 Å². The number of aryl methyl sites for hydroxylation is 1. The summed E-state index contributed by atoms with van der Waals surface area (Å²) >= 11 is 0. The molecule has 1 aromatic rings. The van der Waals surface area contributed by atoms with E-state index in [1.54, 1.807) is 12.1 Å². The van der Waals surface area contributed by atoms with Gasteiger partial charge in [0.25, 0.3) is 0 Å². The molecule has 1 unspecified atom stereocenters. The van der Waals surface area contributed by atoms with Crippen LogP contribution in [0, 0.1) is 5.92 Å². The third kappa shape index (κ3) is 11.2. The second kappa shape index (κ2) is 15.7. The maximum atomic E-state index is 12.7. The fraction of sp³-hybridized carbons (Fsp3) is 0.778. The summed E-state index contributed by atoms with van der Waals surface area (Å²) in [4.78, 5) is 0. The Bertz CT molecular complexity index is 578. The monoisotopic (exact) mass is 458 g/mol. The minimum Gasteiger partial charge on any atom is -0.350 e. The summed E-state index contributed by atoms with van der Waals surface area (Å²) in [6, 6.07) is 5.57. The number of hydrogen-bond donors (Lipinski definition) is 0. The lowest BCUT2D eigenvalue weighted by molar-refractivity contribution is -0.254. The van der Waals surface area contributed by atoms with Crippen LogP contribution in [0.25, 0.3) is 0 Å². The number of rotatable bonds is 18. The van der Waals surface area contributed by atoms with Crippen molar-refractivity contribution < 1.29 is 22.6 Å². The van der Waals surface area contributed by atoms with Gasteiger partial charge in [0.15, 0.2) is 5.79 Å². The smallest absolute Gasteiger partial charge is 0.350 e. The van der Waals surface area contributed by atoms with Gasteiger partial charge in [-0.15, -0.1) is 0 Å². The molecule has 1 aromatic carbocycles. The molecule has 5 heteroatoms. The molecule has 0 saturated heterocycles. The maximum absolute atomic E-state index is 12.7. The SMILES string of the molecule is CCCCCCCCC(CCCCCc1ccc(C(F)(F)F)cc1)C(C)(OCC)OCC. The number of alkyl halides is 3. The Morgan fingerprint density at radius 1 is 0.719 bits per heavy atom. The summed E-state index contributed by atoms with van der Waals surface area (Å²) in [5.74, 6) is -0.181. The maximum Gasteiger partial charge on any atom is 0.416 e. The lowest BCUT2D eigenvalue weighted by Gasteiger charge is -2.37. The second-order valence-corrected chi connectivity index (χ2v) is 8.93. The molecule has 2 nitrogen and oxygen atoms in total. The van der Waals surface area contributed by atoms with Crippen LogP contribution in [0.4, 0.5) is 13.2 Å². The summed E-state index contributed by atoms with van der Waals surface area (Å²) in [5, 5.41) is 0. The van der Waals surface area contributed by atoms with Gasteiger partial charge >= 0.3 is 6.18 Å². The molecule has 0 bridgehead atoms. The third-order valence-corrected chi connectivity index (χ3v) is 6.31. The van der Waals surface area contributed by atoms with Crippen LogP contribution in [0.2, 0.25) is 0 Å². The van der Waals surface area contributed by atoms with Gasteiger partial charge in [-0.3, -0.25) is 0 Å². The van der Waals surface area contributed by atoms with Gasteiger partial charge in [0.1, 0.15) is 0 Å². The molecular weight excluding hydrogens is 413 g/mol. The van der Waals surface area contributed by atoms with Crippen molar-refractivity contribution in [3.63, 3.8) is 0 Å². The van der Waals surface area contributed by atoms with Crippen LogP contribution in [0.3, 0.4) is 0 Å². The lowest BCUT2D eigenvalue weighted by Crippen LogP contribution is -2.41. The molecule has 1 atom stereocenters. The van der Waals surface area contributed by atoms with Crippen LogP contribution in [0.5, 0.6) is 0 Å². The molecule has 32 heavy (non-hydrogen) atoms. The van der Waals surface area contributed by atoms with Crippen LogP contribution >= 0.6 is 0 Å². The molecule has 0 fully saturated rings. The van der Waals surface area contributed by atoms with E-state index >= 15 is 0 Å². The van der Waals surface area contributed by atoms with Crippen LogP contribution in [0.15, 0.2) is 24.3 Å². The number of ether oxygens (including phenoxy) is 2. The normalized spacial score (nSPS) is 13.5. The first-order valence-corrected chi connectivity index (χ1v) is 12.7. The molecule has 0 saturated carbocycles. The first-order valence-electron chi connectivity index (χ1n) is 12.7. The van der Waals surface area contributed by atoms with E-state index in [-0.39, 0.29) is 0 Å². The van der Waals surface area contributed by atoms with Crippen molar-refractivity contribution in [1.29, 1.82) is 0 Å². The van der Waals surface area contributed by atoms with Crippen molar-refractivity contribution in [3.8, 4) is 0 Å². The minimum absolute atomic E-state index is 0.361. The average molecular weight is 459 g/mol. The van der Waals surface area contributed by atoms with Gasteiger partial charge < -0.3 is 9.47 Å². The Hall–Kier alpha value is -1.07. The van der Waals surface area contributed by atoms with E-state index in [4.69, 9.17) is 9.47 Å². The molecule has 0 aromatic heterocycles. The zero-order valence-corrected chi connectivity index (χ0v) is 20.7. The first kappa shape index (κ1) is 29.0. The Morgan fingerprint density at radius 2 is 1.22 bits per heavy atom. The van der Waals surface area contributed by atoms with Gasteiger partial charge in [-0.2, -0.15) is 13.2 Å². The van der Waals surface area contributed by atoms with Crippen LogP contribution in [-0.2, 0) is 22.1 Å². The molecule has 0 spiro atoms. The summed E-state index contributed by atoms with van der Waals surface area (Å²) in [5.41, 5.74) is 0.389. The van der Waals surface area contributed by atoms with Gasteiger partial charge in [0.2, 0.25) is 0 Å². The zero-order chi connectivity index (χ0) is 23.9. The molecule has 0 radical (unpaired) electrons. The van der Waals surface area contributed by atoms with Crippen LogP contribution < -0.4 is 0 Å². The summed E-state index contributed by atoms with van der Waals surface area (Å²) < 4.78 is 50.3. The number of unbranched alkanes of at least 4 members (excludes halogenated alkanes) is 7. The first-order chi connectivity index (χ1) is 15.3. The van der Waals surface area contributed by atoms with E-state index in [0.717, 1.165) is 44.1 Å². The van der Waals surface area contributed by atoms with Crippen LogP contribution in [-0.4, -0.2) is 19.0 Å². The number of halogens is 3. The molecule has 0 heterocycles. The Labute approximate surface area is 194 Å². The van der Waals surface area contributed by atoms with Gasteiger partial charge in [0.05, 0.1) is 5.56 Å². The highest BCUT2D eigenvalue weighted by atomic mass is 19.4. The van der Waals surface area contributed by atoms with E-state index in [2.05, 4.69) is 13.8 Å². The van der Waals surface area contributed by atoms with E-state index in [1.165, 1.54) is 50.7 Å². The summed E-state index contributed by atoms with van der Waals surface area (Å²) in [7, 11) is 0. The van der Waals surface area contributed by atoms with Gasteiger partial charge in [-0.1, -0.05) is 70.4 Å². The lowest BCUT2D eigenvalue weighted by atomic mass is 9.87. The molecule has 0 aliphatic rings. The largest absolute Gasteiger partial charge is 0.416 e. The quantitative estimate of drug-likeness (QED) is 0.161. The minimum atomic E-state index is -4.27. The van der Waals surface area contributed by atoms with Crippen molar-refractivity contribution >= 4 is 0 Å². The molecule has 0 amide bonds. The highest BCUT2D eigenvalue weighted by Crippen LogP contribution is 2.33. The predicted octanol–water partition coefficient (Wildman–Crippen LogP) is 8.96. The van der Waals surface area contributed by atoms with E-state index in [1.807, 2.05) is 13.8 Å². The summed E-state index contributed by atoms with van der Waals surface area (Å²) in [6.45, 7) is 9.63. The van der Waals surface area contributed by atoms with Crippen molar-refractivity contribution in [2.24, 2.45) is 5.92 Å². The zero-order valence-electron chi connectivity index (χ0n) is 20.7. The third-order valence-electron chi connectivity index (χ3n) is 6.31. The average Bonchev–Trinajstić information content (AvgIpc) is 2.74. The van der Waals surface area contributed by atoms with E-state index in [9.17, 15) is 13.2 Å². The molecule has 0 N–H and O–H groups in total. The number of benzene rings is 1. The molecule has 186 valence electrons. The van der Waals surface area contributed by atoms with E-state index in [0.29, 0.717) is 19.1 Å². The highest BCUT2D eigenvalue weighted by Gasteiger charge is 2.35. The number of hydrogen-bond acceptors (Lipinski definition) is 2. The molecule has 0 aliphatic carbocycles. The van der Waals surface area contributed by atoms with Gasteiger partial charge in [-0.05, 0) is 64.2 Å². The van der Waals surface area contributed by atoms with E-state index < -0.39 is 17.5 Å². The van der Waals surface area contributed by atoms with Gasteiger partial charge in [0, 0.05) is 19.1 Å². The Morgan fingerprint density at radius 3 is 1.72 bits per heavy atom. The highest BCUT2D eigenvalue weighted by molar-refractivity contribution is 5.24. The van der Waals surface area contributed by atoms with Crippen molar-refractivity contribution in [3.05, 3.63) is 35.4 Å². The molecule has 0 aliphatic heterocycles.